The van der Waals surface area contributed by atoms with E-state index in [2.05, 4.69) is 5.32 Å². The summed E-state index contributed by atoms with van der Waals surface area (Å²) >= 11 is 2.44. The molecule has 0 aliphatic rings. The van der Waals surface area contributed by atoms with Crippen LogP contribution in [0.15, 0.2) is 10.3 Å². The van der Waals surface area contributed by atoms with E-state index >= 15 is 0 Å². The van der Waals surface area contributed by atoms with E-state index in [1.807, 2.05) is 6.26 Å². The van der Waals surface area contributed by atoms with Crippen molar-refractivity contribution in [2.24, 2.45) is 0 Å². The first-order valence-electron chi connectivity index (χ1n) is 6.24. The molecule has 0 fully saturated rings. The van der Waals surface area contributed by atoms with Crippen molar-refractivity contribution in [1.29, 1.82) is 0 Å². The van der Waals surface area contributed by atoms with E-state index in [-0.39, 0.29) is 20.9 Å². The van der Waals surface area contributed by atoms with E-state index in [0.29, 0.717) is 12.3 Å². The molecule has 1 heterocycles. The van der Waals surface area contributed by atoms with Gasteiger partial charge in [0.15, 0.2) is 5.00 Å². The van der Waals surface area contributed by atoms with Gasteiger partial charge < -0.3 is 5.32 Å². The highest BCUT2D eigenvalue weighted by Gasteiger charge is 2.31. The first-order valence-corrected chi connectivity index (χ1v) is 9.89. The zero-order chi connectivity index (χ0) is 16.2. The molecule has 0 saturated heterocycles. The lowest BCUT2D eigenvalue weighted by molar-refractivity contribution is -0.383. The molecule has 1 aromatic rings. The van der Waals surface area contributed by atoms with Gasteiger partial charge in [-0.25, -0.2) is 8.42 Å². The maximum Gasteiger partial charge on any atom is 0.304 e. The quantitative estimate of drug-likeness (QED) is 0.570. The molecule has 1 aromatic heterocycles. The fourth-order valence-electron chi connectivity index (χ4n) is 1.63. The molecule has 1 unspecified atom stereocenters. The van der Waals surface area contributed by atoms with Crippen LogP contribution in [0.5, 0.6) is 0 Å². The second kappa shape index (κ2) is 7.43. The summed E-state index contributed by atoms with van der Waals surface area (Å²) in [4.78, 5) is 10.4. The molecule has 0 saturated carbocycles. The Kier molecular flexibility index (Phi) is 6.44. The fraction of sp³-hybridized carbons (Fsp3) is 0.636. The summed E-state index contributed by atoms with van der Waals surface area (Å²) in [6.07, 6.45) is 1.90. The molecule has 0 spiro atoms. The van der Waals surface area contributed by atoms with Crippen LogP contribution in [0.3, 0.4) is 0 Å². The van der Waals surface area contributed by atoms with E-state index in [0.717, 1.165) is 17.4 Å². The summed E-state index contributed by atoms with van der Waals surface area (Å²) in [5.41, 5.74) is -0.202. The van der Waals surface area contributed by atoms with E-state index in [9.17, 15) is 18.5 Å². The van der Waals surface area contributed by atoms with Crippen LogP contribution in [0.25, 0.3) is 0 Å². The van der Waals surface area contributed by atoms with Crippen LogP contribution in [0.4, 0.5) is 10.7 Å². The molecule has 1 atom stereocenters. The number of hydrogen-bond donors (Lipinski definition) is 1. The number of rotatable bonds is 8. The lowest BCUT2D eigenvalue weighted by Gasteiger charge is -2.22. The van der Waals surface area contributed by atoms with Gasteiger partial charge in [0.1, 0.15) is 4.21 Å². The summed E-state index contributed by atoms with van der Waals surface area (Å²) < 4.78 is 26.3. The molecule has 120 valence electrons. The molecule has 1 N–H and O–H groups in total. The summed E-state index contributed by atoms with van der Waals surface area (Å²) in [6.45, 7) is 4.09. The third kappa shape index (κ3) is 4.09. The van der Waals surface area contributed by atoms with Crippen molar-refractivity contribution in [1.82, 2.24) is 4.31 Å². The molecular formula is C11H19N3O4S3. The Morgan fingerprint density at radius 1 is 1.57 bits per heavy atom. The Labute approximate surface area is 132 Å². The third-order valence-corrected chi connectivity index (χ3v) is 7.20. The lowest BCUT2D eigenvalue weighted by Crippen LogP contribution is -2.36. The minimum absolute atomic E-state index is 0.0133. The van der Waals surface area contributed by atoms with E-state index in [1.165, 1.54) is 11.4 Å². The van der Waals surface area contributed by atoms with Crippen LogP contribution < -0.4 is 5.32 Å². The molecule has 0 bridgehead atoms. The normalized spacial score (nSPS) is 13.4. The SMILES string of the molecule is CCNc1sc(S(=O)(=O)N(C)C(C)CSC)cc1[N+](=O)[O-]. The topological polar surface area (TPSA) is 92.6 Å². The maximum atomic E-state index is 12.5. The molecule has 0 aromatic carbocycles. The van der Waals surface area contributed by atoms with Gasteiger partial charge in [0.05, 0.1) is 4.92 Å². The van der Waals surface area contributed by atoms with Gasteiger partial charge in [0, 0.05) is 31.5 Å². The molecule has 0 radical (unpaired) electrons. The summed E-state index contributed by atoms with van der Waals surface area (Å²) in [5, 5.41) is 14.1. The van der Waals surface area contributed by atoms with Crippen molar-refractivity contribution in [2.75, 3.05) is 30.9 Å². The van der Waals surface area contributed by atoms with Gasteiger partial charge in [0.25, 0.3) is 10.0 Å². The van der Waals surface area contributed by atoms with Crippen LogP contribution in [-0.2, 0) is 10.0 Å². The molecule has 7 nitrogen and oxygen atoms in total. The second-order valence-electron chi connectivity index (χ2n) is 4.39. The summed E-state index contributed by atoms with van der Waals surface area (Å²) in [6, 6.07) is 0.939. The number of thiophene rings is 1. The highest BCUT2D eigenvalue weighted by atomic mass is 32.2. The minimum Gasteiger partial charge on any atom is -0.372 e. The average molecular weight is 353 g/mol. The van der Waals surface area contributed by atoms with Gasteiger partial charge in [-0.3, -0.25) is 10.1 Å². The first-order chi connectivity index (χ1) is 9.75. The number of nitrogens with one attached hydrogen (secondary N) is 1. The molecule has 1 rings (SSSR count). The predicted molar refractivity (Wildman–Crippen MR) is 87.9 cm³/mol. The number of nitro groups is 1. The van der Waals surface area contributed by atoms with Crippen LogP contribution in [-0.4, -0.2) is 49.3 Å². The molecule has 21 heavy (non-hydrogen) atoms. The second-order valence-corrected chi connectivity index (χ2v) is 8.58. The molecule has 10 heteroatoms. The van der Waals surface area contributed by atoms with Crippen molar-refractivity contribution in [2.45, 2.75) is 24.1 Å². The third-order valence-electron chi connectivity index (χ3n) is 2.89. The highest BCUT2D eigenvalue weighted by Crippen LogP contribution is 2.38. The number of thioether (sulfide) groups is 1. The van der Waals surface area contributed by atoms with Crippen LogP contribution in [0, 0.1) is 10.1 Å². The molecule has 0 aliphatic carbocycles. The first kappa shape index (κ1) is 18.2. The number of anilines is 1. The standard InChI is InChI=1S/C11H19N3O4S3/c1-5-12-11-9(14(15)16)6-10(20-11)21(17,18)13(3)8(2)7-19-4/h6,8,12H,5,7H2,1-4H3. The Hall–Kier alpha value is -0.840. The Morgan fingerprint density at radius 2 is 2.19 bits per heavy atom. The average Bonchev–Trinajstić information content (AvgIpc) is 2.83. The van der Waals surface area contributed by atoms with Crippen molar-refractivity contribution in [3.8, 4) is 0 Å². The number of nitrogens with zero attached hydrogens (tertiary/aromatic N) is 2. The smallest absolute Gasteiger partial charge is 0.304 e. The van der Waals surface area contributed by atoms with Gasteiger partial charge >= 0.3 is 5.69 Å². The van der Waals surface area contributed by atoms with Gasteiger partial charge in [-0.15, -0.1) is 0 Å². The van der Waals surface area contributed by atoms with Gasteiger partial charge in [0.2, 0.25) is 0 Å². The summed E-state index contributed by atoms with van der Waals surface area (Å²) in [5.74, 6) is 0.656. The van der Waals surface area contributed by atoms with Gasteiger partial charge in [-0.05, 0) is 20.1 Å². The largest absolute Gasteiger partial charge is 0.372 e. The molecule has 0 amide bonds. The monoisotopic (exact) mass is 353 g/mol. The summed E-state index contributed by atoms with van der Waals surface area (Å²) in [7, 11) is -2.23. The maximum absolute atomic E-state index is 12.5. The zero-order valence-electron chi connectivity index (χ0n) is 12.3. The number of sulfonamides is 1. The zero-order valence-corrected chi connectivity index (χ0v) is 14.8. The van der Waals surface area contributed by atoms with Crippen LogP contribution in [0.2, 0.25) is 0 Å². The lowest BCUT2D eigenvalue weighted by atomic mass is 10.4. The minimum atomic E-state index is -3.72. The van der Waals surface area contributed by atoms with Crippen molar-refractivity contribution >= 4 is 43.8 Å². The van der Waals surface area contributed by atoms with Crippen LogP contribution in [0.1, 0.15) is 13.8 Å². The molecule has 0 aliphatic heterocycles. The molecular weight excluding hydrogens is 334 g/mol. The van der Waals surface area contributed by atoms with Crippen molar-refractivity contribution in [3.63, 3.8) is 0 Å². The van der Waals surface area contributed by atoms with Crippen LogP contribution >= 0.6 is 23.1 Å². The Balaban J connectivity index is 3.19. The predicted octanol–water partition coefficient (Wildman–Crippen LogP) is 2.46. The fourth-order valence-corrected chi connectivity index (χ4v) is 5.38. The highest BCUT2D eigenvalue weighted by molar-refractivity contribution is 7.98. The van der Waals surface area contributed by atoms with Crippen molar-refractivity contribution in [3.05, 3.63) is 16.2 Å². The van der Waals surface area contributed by atoms with Gasteiger partial charge in [-0.2, -0.15) is 16.1 Å². The number of hydrogen-bond acceptors (Lipinski definition) is 7. The Morgan fingerprint density at radius 3 is 2.67 bits per heavy atom. The van der Waals surface area contributed by atoms with Gasteiger partial charge in [-0.1, -0.05) is 11.3 Å². The van der Waals surface area contributed by atoms with Crippen molar-refractivity contribution < 1.29 is 13.3 Å². The van der Waals surface area contributed by atoms with E-state index in [1.54, 1.807) is 25.6 Å². The Bertz CT molecular complexity index is 600. The van der Waals surface area contributed by atoms with E-state index < -0.39 is 14.9 Å². The van der Waals surface area contributed by atoms with E-state index in [4.69, 9.17) is 0 Å².